The maximum absolute atomic E-state index is 13.7. The lowest BCUT2D eigenvalue weighted by atomic mass is 9.65. The molecule has 5 rings (SSSR count). The number of Topliss-reactive ketones (excluding diaryl/α,β-unsaturated/α-hetero) is 1. The Morgan fingerprint density at radius 1 is 0.760 bits per heavy atom. The number of rotatable bonds is 2. The lowest BCUT2D eigenvalue weighted by Crippen LogP contribution is -2.39. The number of aliphatic imine (C=N–C) groups is 1. The van der Waals surface area contributed by atoms with Gasteiger partial charge in [-0.15, -0.1) is 0 Å². The number of carbonyl (C=O) groups is 1. The van der Waals surface area contributed by atoms with Crippen molar-refractivity contribution in [2.75, 3.05) is 0 Å². The van der Waals surface area contributed by atoms with Gasteiger partial charge in [0.2, 0.25) is 0 Å². The van der Waals surface area contributed by atoms with E-state index in [4.69, 9.17) is 4.99 Å². The quantitative estimate of drug-likeness (QED) is 0.670. The summed E-state index contributed by atoms with van der Waals surface area (Å²) in [6, 6.07) is 28.2. The topological polar surface area (TPSA) is 29.4 Å². The number of benzene rings is 3. The van der Waals surface area contributed by atoms with E-state index in [9.17, 15) is 4.79 Å². The van der Waals surface area contributed by atoms with Crippen LogP contribution in [0.25, 0.3) is 0 Å². The molecule has 0 N–H and O–H groups in total. The number of ketones is 1. The average molecular weight is 323 g/mol. The van der Waals surface area contributed by atoms with Gasteiger partial charge in [-0.3, -0.25) is 9.79 Å². The highest BCUT2D eigenvalue weighted by atomic mass is 16.1. The molecule has 25 heavy (non-hydrogen) atoms. The second-order valence-corrected chi connectivity index (χ2v) is 6.74. The summed E-state index contributed by atoms with van der Waals surface area (Å²) in [7, 11) is 0. The summed E-state index contributed by atoms with van der Waals surface area (Å²) in [5, 5.41) is 0. The predicted octanol–water partition coefficient (Wildman–Crippen LogP) is 4.73. The summed E-state index contributed by atoms with van der Waals surface area (Å²) in [5.41, 5.74) is 3.37. The van der Waals surface area contributed by atoms with Gasteiger partial charge >= 0.3 is 0 Å². The van der Waals surface area contributed by atoms with Crippen molar-refractivity contribution in [2.45, 2.75) is 17.4 Å². The first-order valence-corrected chi connectivity index (χ1v) is 8.61. The molecule has 0 aromatic heterocycles. The molecule has 0 radical (unpaired) electrons. The molecule has 3 aromatic rings. The maximum atomic E-state index is 13.7. The number of nitrogens with zero attached hydrogens (tertiary/aromatic N) is 1. The summed E-state index contributed by atoms with van der Waals surface area (Å²) < 4.78 is 0. The van der Waals surface area contributed by atoms with Gasteiger partial charge in [-0.05, 0) is 16.7 Å². The fourth-order valence-corrected chi connectivity index (χ4v) is 4.53. The molecule has 0 amide bonds. The van der Waals surface area contributed by atoms with E-state index in [-0.39, 0.29) is 17.7 Å². The molecule has 0 bridgehead atoms. The minimum Gasteiger partial charge on any atom is -0.293 e. The van der Waals surface area contributed by atoms with E-state index in [0.29, 0.717) is 0 Å². The van der Waals surface area contributed by atoms with Crippen molar-refractivity contribution >= 4 is 12.0 Å². The second kappa shape index (κ2) is 5.25. The van der Waals surface area contributed by atoms with Crippen molar-refractivity contribution in [1.29, 1.82) is 0 Å². The van der Waals surface area contributed by atoms with Gasteiger partial charge in [-0.25, -0.2) is 0 Å². The van der Waals surface area contributed by atoms with Crippen LogP contribution < -0.4 is 0 Å². The molecule has 0 saturated carbocycles. The van der Waals surface area contributed by atoms with Gasteiger partial charge < -0.3 is 0 Å². The Balaban J connectivity index is 1.80. The zero-order valence-electron chi connectivity index (χ0n) is 13.7. The Morgan fingerprint density at radius 3 is 2.16 bits per heavy atom. The fourth-order valence-electron chi connectivity index (χ4n) is 4.53. The lowest BCUT2D eigenvalue weighted by molar-refractivity contribution is 0.0884. The maximum Gasteiger partial charge on any atom is 0.177 e. The van der Waals surface area contributed by atoms with Crippen molar-refractivity contribution in [3.63, 3.8) is 0 Å². The molecular weight excluding hydrogens is 306 g/mol. The van der Waals surface area contributed by atoms with Crippen LogP contribution in [0.5, 0.6) is 0 Å². The zero-order valence-corrected chi connectivity index (χ0v) is 13.7. The molecule has 1 aliphatic heterocycles. The minimum atomic E-state index is -0.674. The predicted molar refractivity (Wildman–Crippen MR) is 99.3 cm³/mol. The van der Waals surface area contributed by atoms with Crippen LogP contribution in [0, 0.1) is 0 Å². The second-order valence-electron chi connectivity index (χ2n) is 6.74. The van der Waals surface area contributed by atoms with E-state index in [1.54, 1.807) is 0 Å². The Labute approximate surface area is 146 Å². The Kier molecular flexibility index (Phi) is 3.01. The number of hydrogen-bond donors (Lipinski definition) is 0. The highest BCUT2D eigenvalue weighted by molar-refractivity contribution is 6.13. The highest BCUT2D eigenvalue weighted by Gasteiger charge is 2.61. The van der Waals surface area contributed by atoms with Crippen molar-refractivity contribution in [3.05, 3.63) is 107 Å². The lowest BCUT2D eigenvalue weighted by Gasteiger charge is -2.34. The van der Waals surface area contributed by atoms with Gasteiger partial charge in [-0.1, -0.05) is 84.9 Å². The van der Waals surface area contributed by atoms with Gasteiger partial charge in [0, 0.05) is 17.7 Å². The van der Waals surface area contributed by atoms with Crippen molar-refractivity contribution in [1.82, 2.24) is 0 Å². The van der Waals surface area contributed by atoms with E-state index in [0.717, 1.165) is 22.3 Å². The molecular formula is C23H17NO. The molecule has 0 saturated heterocycles. The third-order valence-corrected chi connectivity index (χ3v) is 5.59. The summed E-state index contributed by atoms with van der Waals surface area (Å²) >= 11 is 0. The van der Waals surface area contributed by atoms with Crippen LogP contribution in [0.3, 0.4) is 0 Å². The molecule has 3 aromatic carbocycles. The van der Waals surface area contributed by atoms with Crippen LogP contribution in [0.2, 0.25) is 0 Å². The van der Waals surface area contributed by atoms with E-state index in [1.165, 1.54) is 0 Å². The molecule has 2 nitrogen and oxygen atoms in total. The van der Waals surface area contributed by atoms with Crippen LogP contribution in [0.4, 0.5) is 0 Å². The third kappa shape index (κ3) is 1.79. The molecule has 2 heteroatoms. The smallest absolute Gasteiger partial charge is 0.177 e. The fraction of sp³-hybridized carbons (Fsp3) is 0.130. The van der Waals surface area contributed by atoms with Crippen LogP contribution in [-0.4, -0.2) is 12.0 Å². The first-order chi connectivity index (χ1) is 12.3. The van der Waals surface area contributed by atoms with E-state index >= 15 is 0 Å². The molecule has 1 heterocycles. The molecule has 3 atom stereocenters. The van der Waals surface area contributed by atoms with E-state index < -0.39 is 5.41 Å². The molecule has 1 aliphatic carbocycles. The zero-order chi connectivity index (χ0) is 16.9. The normalized spacial score (nSPS) is 26.5. The number of carbonyl (C=O) groups excluding carboxylic acids is 1. The van der Waals surface area contributed by atoms with Crippen molar-refractivity contribution < 1.29 is 4.79 Å². The molecule has 0 fully saturated rings. The van der Waals surface area contributed by atoms with Gasteiger partial charge in [-0.2, -0.15) is 0 Å². The van der Waals surface area contributed by atoms with Gasteiger partial charge in [0.1, 0.15) is 0 Å². The Hall–Kier alpha value is -3.00. The molecule has 2 aliphatic rings. The molecule has 120 valence electrons. The Morgan fingerprint density at radius 2 is 1.40 bits per heavy atom. The first kappa shape index (κ1) is 14.4. The van der Waals surface area contributed by atoms with Gasteiger partial charge in [0.25, 0.3) is 0 Å². The van der Waals surface area contributed by atoms with Crippen LogP contribution in [0.1, 0.15) is 39.0 Å². The summed E-state index contributed by atoms with van der Waals surface area (Å²) in [4.78, 5) is 18.6. The number of hydrogen-bond acceptors (Lipinski definition) is 2. The summed E-state index contributed by atoms with van der Waals surface area (Å²) in [5.74, 6) is 0.131. The average Bonchev–Trinajstić information content (AvgIpc) is 3.20. The minimum absolute atomic E-state index is 0.0546. The molecule has 0 spiro atoms. The van der Waals surface area contributed by atoms with Crippen molar-refractivity contribution in [3.8, 4) is 0 Å². The van der Waals surface area contributed by atoms with Gasteiger partial charge in [0.05, 0.1) is 11.5 Å². The van der Waals surface area contributed by atoms with Gasteiger partial charge in [0.15, 0.2) is 5.78 Å². The first-order valence-electron chi connectivity index (χ1n) is 8.61. The van der Waals surface area contributed by atoms with Crippen molar-refractivity contribution in [2.24, 2.45) is 4.99 Å². The largest absolute Gasteiger partial charge is 0.293 e. The third-order valence-electron chi connectivity index (χ3n) is 5.59. The van der Waals surface area contributed by atoms with E-state index in [1.807, 2.05) is 66.9 Å². The standard InChI is InChI=1S/C23H17NO/c25-22-19-14-8-7-13-18(19)21-23(22,17-11-5-2-6-12-17)20(15-24-21)16-9-3-1-4-10-16/h1-15,20-21H. The van der Waals surface area contributed by atoms with Crippen LogP contribution >= 0.6 is 0 Å². The molecule has 3 unspecified atom stereocenters. The Bertz CT molecular complexity index is 977. The van der Waals surface area contributed by atoms with Crippen LogP contribution in [0.15, 0.2) is 89.9 Å². The summed E-state index contributed by atoms with van der Waals surface area (Å²) in [6.45, 7) is 0. The monoisotopic (exact) mass is 323 g/mol. The van der Waals surface area contributed by atoms with Crippen LogP contribution in [-0.2, 0) is 5.41 Å². The summed E-state index contributed by atoms with van der Waals surface area (Å²) in [6.07, 6.45) is 1.99. The highest BCUT2D eigenvalue weighted by Crippen LogP contribution is 2.59. The van der Waals surface area contributed by atoms with E-state index in [2.05, 4.69) is 24.3 Å². The number of fused-ring (bicyclic) bond motifs is 3. The SMILES string of the molecule is O=C1c2ccccc2C2N=CC(c3ccccc3)C12c1ccccc1.